The fourth-order valence-corrected chi connectivity index (χ4v) is 2.17. The van der Waals surface area contributed by atoms with Crippen molar-refractivity contribution in [3.05, 3.63) is 71.8 Å². The average Bonchev–Trinajstić information content (AvgIpc) is 2.72. The minimum absolute atomic E-state index is 0.986. The van der Waals surface area contributed by atoms with E-state index in [4.69, 9.17) is 0 Å². The van der Waals surface area contributed by atoms with Crippen molar-refractivity contribution >= 4 is 5.69 Å². The predicted molar refractivity (Wildman–Crippen MR) is 67.2 cm³/mol. The molecule has 1 aliphatic rings. The molecule has 0 atom stereocenters. The maximum Gasteiger partial charge on any atom is 0.0795 e. The molecule has 1 nitrogen and oxygen atoms in total. The maximum atomic E-state index is 2.30. The van der Waals surface area contributed by atoms with E-state index in [1.165, 1.54) is 22.4 Å². The molecule has 0 spiro atoms. The third-order valence-corrected chi connectivity index (χ3v) is 3.02. The smallest absolute Gasteiger partial charge is 0.0795 e. The number of aryl methyl sites for hydroxylation is 1. The Labute approximate surface area is 96.3 Å². The van der Waals surface area contributed by atoms with Crippen molar-refractivity contribution in [2.45, 2.75) is 13.5 Å². The third-order valence-electron chi connectivity index (χ3n) is 3.02. The zero-order chi connectivity index (χ0) is 11.0. The largest absolute Gasteiger partial charge is 0.358 e. The summed E-state index contributed by atoms with van der Waals surface area (Å²) >= 11 is 0. The fourth-order valence-electron chi connectivity index (χ4n) is 2.17. The van der Waals surface area contributed by atoms with Gasteiger partial charge in [-0.05, 0) is 35.7 Å². The first-order valence-corrected chi connectivity index (χ1v) is 5.59. The molecule has 0 bridgehead atoms. The minimum atomic E-state index is 0.986. The van der Waals surface area contributed by atoms with Crippen LogP contribution in [0.1, 0.15) is 16.7 Å². The highest BCUT2D eigenvalue weighted by molar-refractivity contribution is 5.57. The van der Waals surface area contributed by atoms with Gasteiger partial charge in [0.1, 0.15) is 0 Å². The third kappa shape index (κ3) is 1.58. The fraction of sp³-hybridized carbons (Fsp3) is 0.133. The van der Waals surface area contributed by atoms with Crippen LogP contribution in [0, 0.1) is 13.5 Å². The molecular weight excluding hydrogens is 194 g/mol. The van der Waals surface area contributed by atoms with Gasteiger partial charge in [0.25, 0.3) is 0 Å². The van der Waals surface area contributed by atoms with Gasteiger partial charge in [0, 0.05) is 12.2 Å². The predicted octanol–water partition coefficient (Wildman–Crippen LogP) is 3.53. The highest BCUT2D eigenvalue weighted by Crippen LogP contribution is 2.29. The summed E-state index contributed by atoms with van der Waals surface area (Å²) in [6.45, 7) is 5.34. The van der Waals surface area contributed by atoms with E-state index in [2.05, 4.69) is 66.9 Å². The molecule has 1 heterocycles. The summed E-state index contributed by atoms with van der Waals surface area (Å²) < 4.78 is 0. The second kappa shape index (κ2) is 3.67. The van der Waals surface area contributed by atoms with Gasteiger partial charge < -0.3 is 4.90 Å². The van der Waals surface area contributed by atoms with Crippen LogP contribution in [0.3, 0.4) is 0 Å². The van der Waals surface area contributed by atoms with Crippen LogP contribution in [0.5, 0.6) is 0 Å². The summed E-state index contributed by atoms with van der Waals surface area (Å²) in [5.41, 5.74) is 5.33. The normalized spacial score (nSPS) is 13.9. The van der Waals surface area contributed by atoms with E-state index < -0.39 is 0 Å². The van der Waals surface area contributed by atoms with Gasteiger partial charge in [-0.3, -0.25) is 0 Å². The van der Waals surface area contributed by atoms with E-state index in [1.807, 2.05) is 0 Å². The molecule has 0 saturated carbocycles. The lowest BCUT2D eigenvalue weighted by Crippen LogP contribution is -2.12. The second-order valence-corrected chi connectivity index (χ2v) is 4.29. The summed E-state index contributed by atoms with van der Waals surface area (Å²) in [4.78, 5) is 2.30. The molecule has 16 heavy (non-hydrogen) atoms. The Morgan fingerprint density at radius 1 is 1.00 bits per heavy atom. The Morgan fingerprint density at radius 2 is 1.88 bits per heavy atom. The topological polar surface area (TPSA) is 3.24 Å². The first-order chi connectivity index (χ1) is 7.83. The Kier molecular flexibility index (Phi) is 2.17. The van der Waals surface area contributed by atoms with Crippen molar-refractivity contribution in [3.63, 3.8) is 0 Å². The van der Waals surface area contributed by atoms with E-state index in [0.717, 1.165) is 6.54 Å². The molecule has 0 fully saturated rings. The van der Waals surface area contributed by atoms with Crippen LogP contribution in [0.25, 0.3) is 0 Å². The van der Waals surface area contributed by atoms with Gasteiger partial charge in [0.05, 0.1) is 6.54 Å². The molecule has 0 aliphatic carbocycles. The molecule has 2 aromatic rings. The van der Waals surface area contributed by atoms with Crippen LogP contribution >= 0.6 is 0 Å². The summed E-state index contributed by atoms with van der Waals surface area (Å²) in [5.74, 6) is 0. The van der Waals surface area contributed by atoms with Crippen molar-refractivity contribution in [1.29, 1.82) is 0 Å². The molecular formula is C15H14N. The van der Waals surface area contributed by atoms with Crippen molar-refractivity contribution < 1.29 is 0 Å². The van der Waals surface area contributed by atoms with Crippen molar-refractivity contribution in [1.82, 2.24) is 0 Å². The number of anilines is 1. The van der Waals surface area contributed by atoms with E-state index in [0.29, 0.717) is 0 Å². The van der Waals surface area contributed by atoms with Crippen molar-refractivity contribution in [3.8, 4) is 0 Å². The van der Waals surface area contributed by atoms with Gasteiger partial charge in [0.2, 0.25) is 0 Å². The second-order valence-electron chi connectivity index (χ2n) is 4.29. The molecule has 0 amide bonds. The number of benzene rings is 2. The molecule has 79 valence electrons. The lowest BCUT2D eigenvalue weighted by atomic mass is 10.1. The Hall–Kier alpha value is -1.76. The molecule has 1 radical (unpaired) electrons. The highest BCUT2D eigenvalue weighted by Gasteiger charge is 2.18. The standard InChI is InChI=1S/C15H14N/c1-12-5-4-8-15(9-12)16-10-13-6-2-3-7-14(13)11-16/h2-10H,11H2,1H3. The monoisotopic (exact) mass is 208 g/mol. The molecule has 0 unspecified atom stereocenters. The number of fused-ring (bicyclic) bond motifs is 1. The Balaban J connectivity index is 1.91. The van der Waals surface area contributed by atoms with Gasteiger partial charge >= 0.3 is 0 Å². The van der Waals surface area contributed by atoms with E-state index in [9.17, 15) is 0 Å². The van der Waals surface area contributed by atoms with Gasteiger partial charge in [-0.1, -0.05) is 36.4 Å². The molecule has 1 aliphatic heterocycles. The molecule has 2 aromatic carbocycles. The number of rotatable bonds is 1. The van der Waals surface area contributed by atoms with Gasteiger partial charge in [-0.15, -0.1) is 0 Å². The summed E-state index contributed by atoms with van der Waals surface area (Å²) in [6, 6.07) is 17.2. The van der Waals surface area contributed by atoms with Gasteiger partial charge in [-0.25, -0.2) is 0 Å². The zero-order valence-electron chi connectivity index (χ0n) is 9.35. The molecule has 0 aromatic heterocycles. The van der Waals surface area contributed by atoms with Gasteiger partial charge in [-0.2, -0.15) is 0 Å². The van der Waals surface area contributed by atoms with Crippen LogP contribution in [0.2, 0.25) is 0 Å². The highest BCUT2D eigenvalue weighted by atomic mass is 15.1. The first-order valence-electron chi connectivity index (χ1n) is 5.59. The molecule has 0 saturated heterocycles. The lowest BCUT2D eigenvalue weighted by Gasteiger charge is -2.17. The van der Waals surface area contributed by atoms with Crippen molar-refractivity contribution in [2.24, 2.45) is 0 Å². The van der Waals surface area contributed by atoms with Crippen molar-refractivity contribution in [2.75, 3.05) is 4.90 Å². The first kappa shape index (κ1) is 9.46. The Bertz CT molecular complexity index is 491. The van der Waals surface area contributed by atoms with Crippen LogP contribution in [-0.4, -0.2) is 0 Å². The summed E-state index contributed by atoms with van der Waals surface area (Å²) in [7, 11) is 0. The summed E-state index contributed by atoms with van der Waals surface area (Å²) in [6.07, 6.45) is 0. The average molecular weight is 208 g/mol. The van der Waals surface area contributed by atoms with Crippen LogP contribution < -0.4 is 4.90 Å². The van der Waals surface area contributed by atoms with Gasteiger partial charge in [0.15, 0.2) is 0 Å². The minimum Gasteiger partial charge on any atom is -0.358 e. The maximum absolute atomic E-state index is 2.30. The molecule has 1 heteroatoms. The van der Waals surface area contributed by atoms with E-state index in [-0.39, 0.29) is 0 Å². The number of hydrogen-bond acceptors (Lipinski definition) is 1. The SMILES string of the molecule is Cc1cccc(N2[CH]c3ccccc3C2)c1. The Morgan fingerprint density at radius 3 is 2.69 bits per heavy atom. The van der Waals surface area contributed by atoms with E-state index in [1.54, 1.807) is 0 Å². The van der Waals surface area contributed by atoms with Crippen LogP contribution in [-0.2, 0) is 6.54 Å². The quantitative estimate of drug-likeness (QED) is 0.693. The lowest BCUT2D eigenvalue weighted by molar-refractivity contribution is 0.991. The molecule has 0 N–H and O–H groups in total. The molecule has 3 rings (SSSR count). The number of hydrogen-bond donors (Lipinski definition) is 0. The van der Waals surface area contributed by atoms with Crippen LogP contribution in [0.4, 0.5) is 5.69 Å². The van der Waals surface area contributed by atoms with E-state index >= 15 is 0 Å². The van der Waals surface area contributed by atoms with Crippen LogP contribution in [0.15, 0.2) is 48.5 Å². The number of nitrogens with zero attached hydrogens (tertiary/aromatic N) is 1. The zero-order valence-corrected chi connectivity index (χ0v) is 9.35. The summed E-state index contributed by atoms with van der Waals surface area (Å²) in [5, 5.41) is 0.